The van der Waals surface area contributed by atoms with Crippen molar-refractivity contribution in [2.24, 2.45) is 5.92 Å². The Hall–Kier alpha value is -1.43. The highest BCUT2D eigenvalue weighted by atomic mass is 32.1. The Bertz CT molecular complexity index is 531. The maximum atomic E-state index is 12.2. The molecule has 1 aromatic heterocycles. The lowest BCUT2D eigenvalue weighted by Gasteiger charge is -2.36. The summed E-state index contributed by atoms with van der Waals surface area (Å²) in [6.07, 6.45) is 5.30. The number of anilines is 1. The molecular formula is C15H21N3O2S. The number of piperidine rings is 1. The first-order valence-corrected chi connectivity index (χ1v) is 8.53. The predicted molar refractivity (Wildman–Crippen MR) is 82.3 cm³/mol. The normalized spacial score (nSPS) is 20.1. The molecule has 2 aliphatic rings. The van der Waals surface area contributed by atoms with Gasteiger partial charge in [0, 0.05) is 37.2 Å². The van der Waals surface area contributed by atoms with Crippen molar-refractivity contribution in [3.05, 3.63) is 11.1 Å². The third-order valence-electron chi connectivity index (χ3n) is 4.48. The lowest BCUT2D eigenvalue weighted by atomic mass is 9.83. The van der Waals surface area contributed by atoms with Crippen LogP contribution in [0.3, 0.4) is 0 Å². The smallest absolute Gasteiger partial charge is 0.225 e. The summed E-state index contributed by atoms with van der Waals surface area (Å²) < 4.78 is 0. The average Bonchev–Trinajstić information content (AvgIpc) is 2.84. The summed E-state index contributed by atoms with van der Waals surface area (Å²) >= 11 is 1.47. The van der Waals surface area contributed by atoms with Crippen molar-refractivity contribution in [3.63, 3.8) is 0 Å². The Morgan fingerprint density at radius 3 is 2.57 bits per heavy atom. The number of likely N-dealkylation sites (tertiary alicyclic amines) is 1. The monoisotopic (exact) mass is 307 g/mol. The Labute approximate surface area is 128 Å². The Morgan fingerprint density at radius 1 is 1.29 bits per heavy atom. The van der Waals surface area contributed by atoms with Crippen LogP contribution in [0.15, 0.2) is 5.38 Å². The number of thiazole rings is 1. The number of hydrogen-bond acceptors (Lipinski definition) is 4. The van der Waals surface area contributed by atoms with Crippen molar-refractivity contribution < 1.29 is 9.59 Å². The van der Waals surface area contributed by atoms with Gasteiger partial charge in [0.05, 0.1) is 5.69 Å². The number of amides is 2. The van der Waals surface area contributed by atoms with Crippen molar-refractivity contribution in [3.8, 4) is 0 Å². The average molecular weight is 307 g/mol. The second kappa shape index (κ2) is 6.13. The van der Waals surface area contributed by atoms with E-state index in [1.807, 2.05) is 10.3 Å². The molecule has 0 spiro atoms. The molecule has 0 unspecified atom stereocenters. The van der Waals surface area contributed by atoms with E-state index in [0.717, 1.165) is 44.5 Å². The molecule has 0 bridgehead atoms. The number of carbonyl (C=O) groups is 2. The van der Waals surface area contributed by atoms with E-state index in [1.165, 1.54) is 24.7 Å². The maximum absolute atomic E-state index is 12.2. The van der Waals surface area contributed by atoms with Gasteiger partial charge in [-0.25, -0.2) is 4.98 Å². The molecular weight excluding hydrogens is 286 g/mol. The summed E-state index contributed by atoms with van der Waals surface area (Å²) in [7, 11) is 0. The predicted octanol–water partition coefficient (Wildman–Crippen LogP) is 2.61. The van der Waals surface area contributed by atoms with Crippen LogP contribution < -0.4 is 5.32 Å². The van der Waals surface area contributed by atoms with E-state index < -0.39 is 0 Å². The number of rotatable bonds is 3. The van der Waals surface area contributed by atoms with Crippen LogP contribution in [-0.2, 0) is 9.59 Å². The fourth-order valence-electron chi connectivity index (χ4n) is 2.99. The summed E-state index contributed by atoms with van der Waals surface area (Å²) in [6.45, 7) is 3.17. The number of nitrogens with zero attached hydrogens (tertiary/aromatic N) is 2. The van der Waals surface area contributed by atoms with Gasteiger partial charge in [-0.2, -0.15) is 0 Å². The number of hydrogen-bond donors (Lipinski definition) is 1. The minimum Gasteiger partial charge on any atom is -0.342 e. The van der Waals surface area contributed by atoms with Crippen LogP contribution in [0.5, 0.6) is 0 Å². The molecule has 1 saturated heterocycles. The molecule has 5 nitrogen and oxygen atoms in total. The van der Waals surface area contributed by atoms with Crippen molar-refractivity contribution in [2.45, 2.75) is 44.9 Å². The first-order valence-electron chi connectivity index (χ1n) is 7.65. The molecule has 114 valence electrons. The molecule has 0 aromatic carbocycles. The van der Waals surface area contributed by atoms with E-state index in [-0.39, 0.29) is 5.91 Å². The van der Waals surface area contributed by atoms with Crippen LogP contribution in [0.2, 0.25) is 0 Å². The van der Waals surface area contributed by atoms with Crippen molar-refractivity contribution in [2.75, 3.05) is 18.4 Å². The largest absolute Gasteiger partial charge is 0.342 e. The van der Waals surface area contributed by atoms with Gasteiger partial charge in [0.15, 0.2) is 5.13 Å². The quantitative estimate of drug-likeness (QED) is 0.933. The van der Waals surface area contributed by atoms with Gasteiger partial charge in [-0.05, 0) is 25.7 Å². The Balaban J connectivity index is 1.54. The molecule has 6 heteroatoms. The molecule has 1 aliphatic carbocycles. The Morgan fingerprint density at radius 2 is 2.00 bits per heavy atom. The zero-order chi connectivity index (χ0) is 14.8. The van der Waals surface area contributed by atoms with Crippen LogP contribution in [0.1, 0.15) is 50.6 Å². The zero-order valence-electron chi connectivity index (χ0n) is 12.3. The maximum Gasteiger partial charge on any atom is 0.225 e. The second-order valence-electron chi connectivity index (χ2n) is 5.99. The fourth-order valence-corrected chi connectivity index (χ4v) is 3.83. The minimum atomic E-state index is -0.0863. The van der Waals surface area contributed by atoms with Gasteiger partial charge in [-0.15, -0.1) is 11.3 Å². The first-order chi connectivity index (χ1) is 10.1. The molecule has 1 saturated carbocycles. The summed E-state index contributed by atoms with van der Waals surface area (Å²) in [5, 5.41) is 5.42. The van der Waals surface area contributed by atoms with Crippen molar-refractivity contribution in [1.82, 2.24) is 9.88 Å². The molecule has 2 amide bonds. The van der Waals surface area contributed by atoms with Gasteiger partial charge in [0.1, 0.15) is 0 Å². The van der Waals surface area contributed by atoms with Gasteiger partial charge in [0.25, 0.3) is 0 Å². The van der Waals surface area contributed by atoms with Crippen LogP contribution in [0, 0.1) is 5.92 Å². The van der Waals surface area contributed by atoms with Crippen LogP contribution >= 0.6 is 11.3 Å². The highest BCUT2D eigenvalue weighted by Crippen LogP contribution is 2.33. The molecule has 21 heavy (non-hydrogen) atoms. The summed E-state index contributed by atoms with van der Waals surface area (Å²) in [5.41, 5.74) is 1.06. The van der Waals surface area contributed by atoms with E-state index in [2.05, 4.69) is 10.3 Å². The number of carbonyl (C=O) groups excluding carboxylic acids is 2. The van der Waals surface area contributed by atoms with E-state index >= 15 is 0 Å². The van der Waals surface area contributed by atoms with Gasteiger partial charge in [-0.1, -0.05) is 6.42 Å². The molecule has 2 heterocycles. The van der Waals surface area contributed by atoms with Crippen LogP contribution in [0.4, 0.5) is 5.13 Å². The third kappa shape index (κ3) is 3.26. The highest BCUT2D eigenvalue weighted by Gasteiger charge is 2.32. The second-order valence-corrected chi connectivity index (χ2v) is 6.84. The lowest BCUT2D eigenvalue weighted by molar-refractivity contribution is -0.139. The van der Waals surface area contributed by atoms with E-state index in [9.17, 15) is 9.59 Å². The van der Waals surface area contributed by atoms with Gasteiger partial charge < -0.3 is 10.2 Å². The van der Waals surface area contributed by atoms with E-state index in [1.54, 1.807) is 0 Å². The molecule has 1 aromatic rings. The lowest BCUT2D eigenvalue weighted by Crippen LogP contribution is -2.43. The molecule has 1 aliphatic heterocycles. The van der Waals surface area contributed by atoms with Gasteiger partial charge >= 0.3 is 0 Å². The van der Waals surface area contributed by atoms with E-state index in [0.29, 0.717) is 22.9 Å². The Kier molecular flexibility index (Phi) is 4.24. The van der Waals surface area contributed by atoms with Crippen LogP contribution in [0.25, 0.3) is 0 Å². The van der Waals surface area contributed by atoms with Gasteiger partial charge in [-0.3, -0.25) is 9.59 Å². The first kappa shape index (κ1) is 14.5. The molecule has 2 fully saturated rings. The van der Waals surface area contributed by atoms with Crippen molar-refractivity contribution >= 4 is 28.3 Å². The summed E-state index contributed by atoms with van der Waals surface area (Å²) in [6, 6.07) is 0. The molecule has 1 N–H and O–H groups in total. The van der Waals surface area contributed by atoms with Crippen molar-refractivity contribution in [1.29, 1.82) is 0 Å². The molecule has 0 radical (unpaired) electrons. The number of aromatic nitrogens is 1. The standard InChI is InChI=1S/C15H21N3O2S/c1-10(19)16-15-17-13(9-21-15)11-5-7-18(8-6-11)14(20)12-3-2-4-12/h9,11-12H,2-8H2,1H3,(H,16,17,19). The summed E-state index contributed by atoms with van der Waals surface area (Å²) in [5.74, 6) is 0.982. The topological polar surface area (TPSA) is 62.3 Å². The van der Waals surface area contributed by atoms with E-state index in [4.69, 9.17) is 0 Å². The van der Waals surface area contributed by atoms with Crippen LogP contribution in [-0.4, -0.2) is 34.8 Å². The summed E-state index contributed by atoms with van der Waals surface area (Å²) in [4.78, 5) is 29.8. The SMILES string of the molecule is CC(=O)Nc1nc(C2CCN(C(=O)C3CCC3)CC2)cs1. The van der Waals surface area contributed by atoms with Gasteiger partial charge in [0.2, 0.25) is 11.8 Å². The zero-order valence-corrected chi connectivity index (χ0v) is 13.1. The molecule has 0 atom stereocenters. The third-order valence-corrected chi connectivity index (χ3v) is 5.26. The highest BCUT2D eigenvalue weighted by molar-refractivity contribution is 7.13. The minimum absolute atomic E-state index is 0.0863. The number of nitrogens with one attached hydrogen (secondary N) is 1. The fraction of sp³-hybridized carbons (Fsp3) is 0.667. The molecule has 3 rings (SSSR count).